The van der Waals surface area contributed by atoms with E-state index in [0.717, 1.165) is 6.42 Å². The number of aliphatic imine (C=N–C) groups is 1. The largest absolute Gasteiger partial charge is 0.461 e. The Balaban J connectivity index is 2.47. The molecule has 5 nitrogen and oxygen atoms in total. The molecular weight excluding hydrogens is 160 g/mol. The quantitative estimate of drug-likeness (QED) is 0.579. The van der Waals surface area contributed by atoms with Crippen LogP contribution in [-0.2, 0) is 14.3 Å². The first kappa shape index (κ1) is 8.70. The summed E-state index contributed by atoms with van der Waals surface area (Å²) in [6.45, 7) is 2.38. The van der Waals surface area contributed by atoms with Crippen LogP contribution in [0.2, 0.25) is 0 Å². The fourth-order valence-electron chi connectivity index (χ4n) is 0.766. The van der Waals surface area contributed by atoms with Crippen LogP contribution in [-0.4, -0.2) is 30.9 Å². The number of carbonyl (C=O) groups is 2. The fraction of sp³-hybridized carbons (Fsp3) is 0.571. The van der Waals surface area contributed by atoms with E-state index < -0.39 is 11.9 Å². The van der Waals surface area contributed by atoms with Crippen molar-refractivity contribution in [2.45, 2.75) is 13.3 Å². The lowest BCUT2D eigenvalue weighted by Gasteiger charge is -1.99. The Bertz CT molecular complexity index is 235. The second kappa shape index (κ2) is 3.85. The van der Waals surface area contributed by atoms with Crippen LogP contribution in [0, 0.1) is 0 Å². The molecule has 0 unspecified atom stereocenters. The highest BCUT2D eigenvalue weighted by molar-refractivity contribution is 6.64. The molecule has 0 saturated heterocycles. The normalized spacial score (nSPS) is 15.4. The van der Waals surface area contributed by atoms with E-state index in [2.05, 4.69) is 10.3 Å². The van der Waals surface area contributed by atoms with E-state index in [0.29, 0.717) is 6.61 Å². The molecule has 1 rings (SSSR count). The van der Waals surface area contributed by atoms with Crippen molar-refractivity contribution in [3.63, 3.8) is 0 Å². The number of carbonyl (C=O) groups excluding carboxylic acids is 2. The molecule has 12 heavy (non-hydrogen) atoms. The summed E-state index contributed by atoms with van der Waals surface area (Å²) in [5.41, 5.74) is -0.122. The Morgan fingerprint density at radius 2 is 2.50 bits per heavy atom. The van der Waals surface area contributed by atoms with E-state index in [9.17, 15) is 9.59 Å². The zero-order chi connectivity index (χ0) is 8.97. The first-order valence-electron chi connectivity index (χ1n) is 3.75. The van der Waals surface area contributed by atoms with Crippen LogP contribution in [0.5, 0.6) is 0 Å². The molecule has 5 heteroatoms. The van der Waals surface area contributed by atoms with E-state index >= 15 is 0 Å². The first-order valence-corrected chi connectivity index (χ1v) is 3.75. The third-order valence-corrected chi connectivity index (χ3v) is 1.32. The van der Waals surface area contributed by atoms with E-state index in [-0.39, 0.29) is 12.4 Å². The van der Waals surface area contributed by atoms with Crippen molar-refractivity contribution in [1.82, 2.24) is 5.32 Å². The van der Waals surface area contributed by atoms with Gasteiger partial charge in [-0.1, -0.05) is 6.92 Å². The third kappa shape index (κ3) is 1.81. The van der Waals surface area contributed by atoms with Crippen molar-refractivity contribution >= 4 is 17.6 Å². The summed E-state index contributed by atoms with van der Waals surface area (Å²) >= 11 is 0. The average molecular weight is 170 g/mol. The molecule has 1 heterocycles. The minimum absolute atomic E-state index is 0.122. The van der Waals surface area contributed by atoms with Crippen molar-refractivity contribution in [3.8, 4) is 0 Å². The Morgan fingerprint density at radius 1 is 1.75 bits per heavy atom. The Labute approximate surface area is 69.8 Å². The van der Waals surface area contributed by atoms with Crippen LogP contribution in [0.25, 0.3) is 0 Å². The van der Waals surface area contributed by atoms with Gasteiger partial charge in [-0.3, -0.25) is 9.79 Å². The zero-order valence-electron chi connectivity index (χ0n) is 6.79. The van der Waals surface area contributed by atoms with Gasteiger partial charge in [0.05, 0.1) is 6.61 Å². The van der Waals surface area contributed by atoms with Crippen LogP contribution in [0.15, 0.2) is 4.99 Å². The summed E-state index contributed by atoms with van der Waals surface area (Å²) in [6.07, 6.45) is 0.737. The number of hydrogen-bond donors (Lipinski definition) is 1. The van der Waals surface area contributed by atoms with Crippen molar-refractivity contribution < 1.29 is 14.3 Å². The molecule has 0 atom stereocenters. The lowest BCUT2D eigenvalue weighted by Crippen LogP contribution is -2.30. The van der Waals surface area contributed by atoms with Crippen molar-refractivity contribution in [3.05, 3.63) is 0 Å². The summed E-state index contributed by atoms with van der Waals surface area (Å²) in [4.78, 5) is 25.5. The minimum atomic E-state index is -0.633. The molecule has 1 N–H and O–H groups in total. The van der Waals surface area contributed by atoms with Crippen LogP contribution in [0.4, 0.5) is 0 Å². The molecular formula is C7H10N2O3. The second-order valence-electron chi connectivity index (χ2n) is 2.31. The summed E-state index contributed by atoms with van der Waals surface area (Å²) in [6, 6.07) is 0. The smallest absolute Gasteiger partial charge is 0.362 e. The molecule has 0 bridgehead atoms. The highest BCUT2D eigenvalue weighted by atomic mass is 16.5. The van der Waals surface area contributed by atoms with Crippen LogP contribution < -0.4 is 5.32 Å². The van der Waals surface area contributed by atoms with E-state index in [4.69, 9.17) is 4.74 Å². The van der Waals surface area contributed by atoms with Crippen molar-refractivity contribution in [1.29, 1.82) is 0 Å². The van der Waals surface area contributed by atoms with Gasteiger partial charge in [-0.2, -0.15) is 0 Å². The number of nitrogens with one attached hydrogen (secondary N) is 1. The Hall–Kier alpha value is -1.39. The summed E-state index contributed by atoms with van der Waals surface area (Å²) in [7, 11) is 0. The maximum Gasteiger partial charge on any atom is 0.362 e. The van der Waals surface area contributed by atoms with Crippen LogP contribution in [0.1, 0.15) is 13.3 Å². The molecule has 0 aromatic carbocycles. The maximum absolute atomic E-state index is 11.0. The molecule has 1 aliphatic heterocycles. The molecule has 0 aliphatic carbocycles. The maximum atomic E-state index is 11.0. The summed E-state index contributed by atoms with van der Waals surface area (Å²) < 4.78 is 4.71. The number of nitrogens with zero attached hydrogens (tertiary/aromatic N) is 1. The van der Waals surface area contributed by atoms with Crippen molar-refractivity contribution in [2.24, 2.45) is 4.99 Å². The SMILES string of the molecule is CCCOC(=O)C1=NCNC1=O. The Kier molecular flexibility index (Phi) is 2.79. The molecule has 0 aromatic heterocycles. The van der Waals surface area contributed by atoms with Gasteiger partial charge in [-0.15, -0.1) is 0 Å². The predicted octanol–water partition coefficient (Wildman–Crippen LogP) is -0.532. The highest BCUT2D eigenvalue weighted by Gasteiger charge is 2.24. The zero-order valence-corrected chi connectivity index (χ0v) is 6.79. The monoisotopic (exact) mass is 170 g/mol. The van der Waals surface area contributed by atoms with Crippen LogP contribution >= 0.6 is 0 Å². The number of rotatable bonds is 3. The van der Waals surface area contributed by atoms with Gasteiger partial charge in [0, 0.05) is 0 Å². The van der Waals surface area contributed by atoms with Crippen molar-refractivity contribution in [2.75, 3.05) is 13.3 Å². The molecule has 0 spiro atoms. The Morgan fingerprint density at radius 3 is 3.00 bits per heavy atom. The van der Waals surface area contributed by atoms with Gasteiger partial charge >= 0.3 is 5.97 Å². The first-order chi connectivity index (χ1) is 5.75. The lowest BCUT2D eigenvalue weighted by molar-refractivity contribution is -0.136. The number of hydrogen-bond acceptors (Lipinski definition) is 4. The standard InChI is InChI=1S/C7H10N2O3/c1-2-3-12-7(11)5-6(10)9-4-8-5/h2-4H2,1H3,(H,9,10). The summed E-state index contributed by atoms with van der Waals surface area (Å²) in [5, 5.41) is 2.38. The van der Waals surface area contributed by atoms with Gasteiger partial charge in [0.2, 0.25) is 5.71 Å². The molecule has 0 radical (unpaired) electrons. The second-order valence-corrected chi connectivity index (χ2v) is 2.31. The van der Waals surface area contributed by atoms with Gasteiger partial charge in [0.25, 0.3) is 5.91 Å². The summed E-state index contributed by atoms with van der Waals surface area (Å²) in [5.74, 6) is -1.08. The fourth-order valence-corrected chi connectivity index (χ4v) is 0.766. The van der Waals surface area contributed by atoms with Gasteiger partial charge in [0.1, 0.15) is 6.67 Å². The molecule has 66 valence electrons. The third-order valence-electron chi connectivity index (χ3n) is 1.32. The highest BCUT2D eigenvalue weighted by Crippen LogP contribution is 1.93. The lowest BCUT2D eigenvalue weighted by atomic mass is 10.4. The van der Waals surface area contributed by atoms with Gasteiger partial charge in [0.15, 0.2) is 0 Å². The topological polar surface area (TPSA) is 67.8 Å². The predicted molar refractivity (Wildman–Crippen MR) is 41.7 cm³/mol. The number of ether oxygens (including phenoxy) is 1. The molecule has 0 fully saturated rings. The van der Waals surface area contributed by atoms with Gasteiger partial charge < -0.3 is 10.1 Å². The van der Waals surface area contributed by atoms with Gasteiger partial charge in [-0.25, -0.2) is 4.79 Å². The molecule has 0 saturated carbocycles. The molecule has 1 aliphatic rings. The molecule has 0 aromatic rings. The van der Waals surface area contributed by atoms with E-state index in [1.165, 1.54) is 0 Å². The average Bonchev–Trinajstić information content (AvgIpc) is 2.47. The van der Waals surface area contributed by atoms with Gasteiger partial charge in [-0.05, 0) is 6.42 Å². The van der Waals surface area contributed by atoms with E-state index in [1.807, 2.05) is 6.92 Å². The van der Waals surface area contributed by atoms with Crippen LogP contribution in [0.3, 0.4) is 0 Å². The number of esters is 1. The van der Waals surface area contributed by atoms with E-state index in [1.54, 1.807) is 0 Å². The number of amides is 1. The minimum Gasteiger partial charge on any atom is -0.461 e. The molecule has 1 amide bonds.